The quantitative estimate of drug-likeness (QED) is 0.543. The lowest BCUT2D eigenvalue weighted by Crippen LogP contribution is -2.52. The lowest BCUT2D eigenvalue weighted by molar-refractivity contribution is -0.389. The highest BCUT2D eigenvalue weighted by molar-refractivity contribution is 7.15. The highest BCUT2D eigenvalue weighted by Crippen LogP contribution is 2.36. The Morgan fingerprint density at radius 2 is 2.28 bits per heavy atom. The summed E-state index contributed by atoms with van der Waals surface area (Å²) in [6, 6.07) is 0.306. The van der Waals surface area contributed by atoms with Crippen molar-refractivity contribution in [3.63, 3.8) is 0 Å². The number of nitrogens with zero attached hydrogens (tertiary/aromatic N) is 4. The van der Waals surface area contributed by atoms with Gasteiger partial charge >= 0.3 is 11.8 Å². The first-order valence-corrected chi connectivity index (χ1v) is 9.21. The Hall–Kier alpha value is -2.20. The fourth-order valence-corrected chi connectivity index (χ4v) is 4.10. The van der Waals surface area contributed by atoms with Crippen molar-refractivity contribution in [1.29, 1.82) is 0 Å². The number of carboxylic acids is 1. The zero-order valence-corrected chi connectivity index (χ0v) is 14.3. The number of nitro groups is 1. The number of aromatic nitrogens is 2. The number of rotatable bonds is 8. The van der Waals surface area contributed by atoms with Crippen LogP contribution in [0.15, 0.2) is 11.6 Å². The van der Waals surface area contributed by atoms with Crippen LogP contribution in [0.2, 0.25) is 0 Å². The average Bonchev–Trinajstić information content (AvgIpc) is 3.06. The second-order valence-electron chi connectivity index (χ2n) is 6.83. The maximum atomic E-state index is 11.3. The molecule has 4 rings (SSSR count). The summed E-state index contributed by atoms with van der Waals surface area (Å²) in [4.78, 5) is 28.9. The first-order valence-electron chi connectivity index (χ1n) is 8.33. The third-order valence-corrected chi connectivity index (χ3v) is 5.66. The minimum Gasteiger partial charge on any atom is -0.480 e. The molecule has 10 heteroatoms. The predicted octanol–water partition coefficient (Wildman–Crippen LogP) is 2.04. The number of carboxylic acid groups (broad SMARTS) is 1. The van der Waals surface area contributed by atoms with Crippen molar-refractivity contribution in [3.8, 4) is 0 Å². The molecule has 0 saturated heterocycles. The molecule has 2 heterocycles. The molecule has 2 aromatic heterocycles. The van der Waals surface area contributed by atoms with Gasteiger partial charge in [0.15, 0.2) is 0 Å². The van der Waals surface area contributed by atoms with Crippen molar-refractivity contribution in [2.24, 2.45) is 5.92 Å². The largest absolute Gasteiger partial charge is 0.480 e. The van der Waals surface area contributed by atoms with Gasteiger partial charge in [-0.15, -0.1) is 0 Å². The second kappa shape index (κ2) is 6.26. The molecule has 0 bridgehead atoms. The van der Waals surface area contributed by atoms with Gasteiger partial charge in [-0.05, 0) is 36.5 Å². The van der Waals surface area contributed by atoms with Crippen LogP contribution in [0.1, 0.15) is 25.7 Å². The van der Waals surface area contributed by atoms with Crippen molar-refractivity contribution < 1.29 is 14.8 Å². The number of imidazole rings is 1. The molecule has 2 fully saturated rings. The van der Waals surface area contributed by atoms with E-state index in [-0.39, 0.29) is 24.4 Å². The molecule has 2 N–H and O–H groups in total. The lowest BCUT2D eigenvalue weighted by Gasteiger charge is -2.42. The lowest BCUT2D eigenvalue weighted by atomic mass is 9.85. The van der Waals surface area contributed by atoms with E-state index in [0.29, 0.717) is 16.7 Å². The Morgan fingerprint density at radius 1 is 1.52 bits per heavy atom. The van der Waals surface area contributed by atoms with Gasteiger partial charge in [0.05, 0.1) is 6.54 Å². The average molecular weight is 365 g/mol. The first-order chi connectivity index (χ1) is 12.0. The molecule has 2 aliphatic rings. The van der Waals surface area contributed by atoms with E-state index >= 15 is 0 Å². The Morgan fingerprint density at radius 3 is 2.92 bits per heavy atom. The van der Waals surface area contributed by atoms with E-state index in [2.05, 4.69) is 10.3 Å². The zero-order chi connectivity index (χ0) is 17.6. The molecule has 9 nitrogen and oxygen atoms in total. The highest BCUT2D eigenvalue weighted by Gasteiger charge is 2.38. The summed E-state index contributed by atoms with van der Waals surface area (Å²) in [5, 5.41) is 25.4. The van der Waals surface area contributed by atoms with Crippen LogP contribution >= 0.6 is 11.3 Å². The molecule has 0 amide bonds. The number of hydrogen-bond donors (Lipinski definition) is 2. The van der Waals surface area contributed by atoms with Crippen LogP contribution in [0.5, 0.6) is 0 Å². The Bertz CT molecular complexity index is 808. The summed E-state index contributed by atoms with van der Waals surface area (Å²) in [5.41, 5.74) is 0. The summed E-state index contributed by atoms with van der Waals surface area (Å²) in [6.07, 6.45) is 5.57. The smallest absolute Gasteiger partial charge is 0.372 e. The van der Waals surface area contributed by atoms with Gasteiger partial charge in [0.2, 0.25) is 5.82 Å². The maximum absolute atomic E-state index is 11.3. The molecule has 0 atom stereocenters. The molecule has 2 saturated carbocycles. The molecule has 0 radical (unpaired) electrons. The van der Waals surface area contributed by atoms with Gasteiger partial charge in [0.25, 0.3) is 4.96 Å². The minimum absolute atomic E-state index is 0.0416. The van der Waals surface area contributed by atoms with E-state index in [4.69, 9.17) is 5.11 Å². The molecule has 0 aromatic carbocycles. The summed E-state index contributed by atoms with van der Waals surface area (Å²) in [6.45, 7) is 0.901. The summed E-state index contributed by atoms with van der Waals surface area (Å²) < 4.78 is 1.48. The normalized spacial score (nSPS) is 22.9. The monoisotopic (exact) mass is 365 g/mol. The number of thiazole rings is 1. The van der Waals surface area contributed by atoms with Gasteiger partial charge < -0.3 is 20.5 Å². The van der Waals surface area contributed by atoms with Crippen LogP contribution < -0.4 is 5.32 Å². The third kappa shape index (κ3) is 3.31. The molecule has 2 aromatic rings. The second-order valence-corrected chi connectivity index (χ2v) is 7.70. The third-order valence-electron chi connectivity index (χ3n) is 4.91. The Labute approximate surface area is 147 Å². The SMILES string of the molecule is O=C(O)CN(CC1CC1)C1CC(Nc2nc3sccn3c2[N+](=O)[O-])C1. The molecular weight excluding hydrogens is 346 g/mol. The van der Waals surface area contributed by atoms with E-state index in [1.807, 2.05) is 4.90 Å². The van der Waals surface area contributed by atoms with Crippen molar-refractivity contribution in [2.75, 3.05) is 18.4 Å². The van der Waals surface area contributed by atoms with Gasteiger partial charge in [-0.3, -0.25) is 9.69 Å². The van der Waals surface area contributed by atoms with Crippen molar-refractivity contribution in [1.82, 2.24) is 14.3 Å². The summed E-state index contributed by atoms with van der Waals surface area (Å²) in [5.74, 6) is 0.0850. The topological polar surface area (TPSA) is 113 Å². The van der Waals surface area contributed by atoms with Gasteiger partial charge in [-0.25, -0.2) is 0 Å². The van der Waals surface area contributed by atoms with E-state index < -0.39 is 10.9 Å². The van der Waals surface area contributed by atoms with Crippen LogP contribution in [-0.4, -0.2) is 55.5 Å². The fraction of sp³-hybridized carbons (Fsp3) is 0.600. The number of hydrogen-bond acceptors (Lipinski definition) is 7. The van der Waals surface area contributed by atoms with Crippen LogP contribution in [-0.2, 0) is 4.79 Å². The van der Waals surface area contributed by atoms with E-state index in [1.165, 1.54) is 28.6 Å². The molecule has 134 valence electrons. The standard InChI is InChI=1S/C15H19N5O4S/c21-12(22)8-18(7-9-1-2-9)11-5-10(6-11)16-13-14(20(23)24)19-3-4-25-15(19)17-13/h3-4,9-11,16H,1-2,5-8H2,(H,21,22). The van der Waals surface area contributed by atoms with Gasteiger partial charge in [-0.1, -0.05) is 11.3 Å². The first kappa shape index (κ1) is 16.3. The van der Waals surface area contributed by atoms with Crippen molar-refractivity contribution in [2.45, 2.75) is 37.8 Å². The van der Waals surface area contributed by atoms with Gasteiger partial charge in [0.1, 0.15) is 6.20 Å². The van der Waals surface area contributed by atoms with E-state index in [0.717, 1.165) is 19.4 Å². The number of aliphatic carboxylic acids is 1. The maximum Gasteiger partial charge on any atom is 0.372 e. The van der Waals surface area contributed by atoms with Gasteiger partial charge in [0, 0.05) is 24.0 Å². The van der Waals surface area contributed by atoms with Crippen LogP contribution in [0.4, 0.5) is 11.6 Å². The molecule has 0 unspecified atom stereocenters. The van der Waals surface area contributed by atoms with Gasteiger partial charge in [-0.2, -0.15) is 9.38 Å². The van der Waals surface area contributed by atoms with Crippen LogP contribution in [0.25, 0.3) is 4.96 Å². The zero-order valence-electron chi connectivity index (χ0n) is 13.5. The molecule has 25 heavy (non-hydrogen) atoms. The predicted molar refractivity (Wildman–Crippen MR) is 92.1 cm³/mol. The Balaban J connectivity index is 1.40. The molecule has 0 spiro atoms. The fourth-order valence-electron chi connectivity index (χ4n) is 3.39. The van der Waals surface area contributed by atoms with Crippen LogP contribution in [0, 0.1) is 16.0 Å². The highest BCUT2D eigenvalue weighted by atomic mass is 32.1. The summed E-state index contributed by atoms with van der Waals surface area (Å²) >= 11 is 1.35. The Kier molecular flexibility index (Phi) is 4.08. The van der Waals surface area contributed by atoms with Crippen LogP contribution in [0.3, 0.4) is 0 Å². The molecule has 2 aliphatic carbocycles. The number of nitrogens with one attached hydrogen (secondary N) is 1. The van der Waals surface area contributed by atoms with E-state index in [9.17, 15) is 14.9 Å². The summed E-state index contributed by atoms with van der Waals surface area (Å²) in [7, 11) is 0. The molecule has 0 aliphatic heterocycles. The van der Waals surface area contributed by atoms with E-state index in [1.54, 1.807) is 11.6 Å². The van der Waals surface area contributed by atoms with Crippen molar-refractivity contribution >= 4 is 33.9 Å². The van der Waals surface area contributed by atoms with Crippen molar-refractivity contribution in [3.05, 3.63) is 21.7 Å². The number of carbonyl (C=O) groups is 1. The molecular formula is C15H19N5O4S. The minimum atomic E-state index is -0.804. The number of anilines is 1. The number of fused-ring (bicyclic) bond motifs is 1.